The molecular formula is C14H24N4O. The molecular weight excluding hydrogens is 240 g/mol. The maximum atomic E-state index is 5.86. The number of aromatic nitrogens is 2. The van der Waals surface area contributed by atoms with E-state index in [-0.39, 0.29) is 6.10 Å². The second-order valence-electron chi connectivity index (χ2n) is 5.16. The summed E-state index contributed by atoms with van der Waals surface area (Å²) in [5.74, 6) is 0.647. The van der Waals surface area contributed by atoms with Gasteiger partial charge in [0.25, 0.3) is 0 Å². The summed E-state index contributed by atoms with van der Waals surface area (Å²) < 4.78 is 5.86. The van der Waals surface area contributed by atoms with E-state index in [4.69, 9.17) is 4.74 Å². The number of rotatable bonds is 6. The lowest BCUT2D eigenvalue weighted by atomic mass is 10.1. The highest BCUT2D eigenvalue weighted by Gasteiger charge is 2.18. The predicted octanol–water partition coefficient (Wildman–Crippen LogP) is 1.45. The first-order valence-electron chi connectivity index (χ1n) is 7.16. The minimum absolute atomic E-state index is 0.287. The smallest absolute Gasteiger partial charge is 0.233 e. The number of nitrogens with zero attached hydrogens (tertiary/aromatic N) is 3. The molecule has 0 atom stereocenters. The highest BCUT2D eigenvalue weighted by atomic mass is 16.5. The summed E-state index contributed by atoms with van der Waals surface area (Å²) in [6.07, 6.45) is 3.55. The Morgan fingerprint density at radius 1 is 1.32 bits per heavy atom. The molecule has 1 aromatic heterocycles. The van der Waals surface area contributed by atoms with E-state index >= 15 is 0 Å². The van der Waals surface area contributed by atoms with Crippen LogP contribution in [0.15, 0.2) is 12.1 Å². The van der Waals surface area contributed by atoms with Crippen LogP contribution in [0.1, 0.15) is 31.9 Å². The molecule has 5 heteroatoms. The fourth-order valence-corrected chi connectivity index (χ4v) is 2.17. The molecule has 0 aromatic carbocycles. The van der Waals surface area contributed by atoms with Crippen molar-refractivity contribution < 1.29 is 4.74 Å². The van der Waals surface area contributed by atoms with Crippen LogP contribution in [0.4, 0.5) is 0 Å². The third-order valence-corrected chi connectivity index (χ3v) is 3.38. The zero-order valence-corrected chi connectivity index (χ0v) is 11.9. The molecule has 0 amide bonds. The van der Waals surface area contributed by atoms with Crippen molar-refractivity contribution in [1.82, 2.24) is 20.4 Å². The Morgan fingerprint density at radius 3 is 2.74 bits per heavy atom. The minimum atomic E-state index is 0.287. The van der Waals surface area contributed by atoms with Crippen molar-refractivity contribution >= 4 is 0 Å². The van der Waals surface area contributed by atoms with Crippen LogP contribution in [0.25, 0.3) is 0 Å². The molecule has 0 saturated carbocycles. The van der Waals surface area contributed by atoms with Gasteiger partial charge in [-0.1, -0.05) is 6.92 Å². The highest BCUT2D eigenvalue weighted by Crippen LogP contribution is 2.15. The van der Waals surface area contributed by atoms with Gasteiger partial charge in [-0.15, -0.1) is 5.10 Å². The second-order valence-corrected chi connectivity index (χ2v) is 5.16. The van der Waals surface area contributed by atoms with Crippen LogP contribution in [-0.4, -0.2) is 47.9 Å². The first kappa shape index (κ1) is 14.2. The first-order valence-corrected chi connectivity index (χ1v) is 7.16. The number of piperidine rings is 1. The Balaban J connectivity index is 1.78. The lowest BCUT2D eigenvalue weighted by molar-refractivity contribution is 0.109. The maximum absolute atomic E-state index is 5.86. The average molecular weight is 264 g/mol. The van der Waals surface area contributed by atoms with Crippen molar-refractivity contribution in [1.29, 1.82) is 0 Å². The van der Waals surface area contributed by atoms with Crippen molar-refractivity contribution in [2.24, 2.45) is 0 Å². The Morgan fingerprint density at radius 2 is 2.11 bits per heavy atom. The van der Waals surface area contributed by atoms with Gasteiger partial charge in [0, 0.05) is 25.7 Å². The Labute approximate surface area is 115 Å². The zero-order valence-electron chi connectivity index (χ0n) is 11.9. The highest BCUT2D eigenvalue weighted by molar-refractivity contribution is 5.11. The molecule has 2 heterocycles. The summed E-state index contributed by atoms with van der Waals surface area (Å²) in [6, 6.07) is 3.91. The van der Waals surface area contributed by atoms with Crippen LogP contribution >= 0.6 is 0 Å². The van der Waals surface area contributed by atoms with Crippen LogP contribution in [0.5, 0.6) is 5.88 Å². The van der Waals surface area contributed by atoms with Crippen molar-refractivity contribution in [3.63, 3.8) is 0 Å². The number of likely N-dealkylation sites (tertiary alicyclic amines) is 1. The van der Waals surface area contributed by atoms with E-state index in [1.807, 2.05) is 12.1 Å². The van der Waals surface area contributed by atoms with E-state index < -0.39 is 0 Å². The van der Waals surface area contributed by atoms with Gasteiger partial charge in [0.05, 0.1) is 5.69 Å². The molecule has 0 spiro atoms. The quantitative estimate of drug-likeness (QED) is 0.788. The fourth-order valence-electron chi connectivity index (χ4n) is 2.17. The third kappa shape index (κ3) is 4.76. The van der Waals surface area contributed by atoms with Crippen molar-refractivity contribution in [3.8, 4) is 5.88 Å². The number of hydrogen-bond acceptors (Lipinski definition) is 5. The predicted molar refractivity (Wildman–Crippen MR) is 75.2 cm³/mol. The second kappa shape index (κ2) is 7.40. The Bertz CT molecular complexity index is 360. The number of nitrogens with one attached hydrogen (secondary N) is 1. The lowest BCUT2D eigenvalue weighted by Gasteiger charge is -2.28. The van der Waals surface area contributed by atoms with E-state index in [2.05, 4.69) is 34.4 Å². The normalized spacial score (nSPS) is 17.6. The van der Waals surface area contributed by atoms with Crippen LogP contribution in [0, 0.1) is 0 Å². The molecule has 1 fully saturated rings. The minimum Gasteiger partial charge on any atom is -0.473 e. The Hall–Kier alpha value is -1.20. The van der Waals surface area contributed by atoms with Gasteiger partial charge in [-0.25, -0.2) is 0 Å². The first-order chi connectivity index (χ1) is 9.28. The molecule has 0 radical (unpaired) electrons. The summed E-state index contributed by atoms with van der Waals surface area (Å²) in [5.41, 5.74) is 0.962. The summed E-state index contributed by atoms with van der Waals surface area (Å²) in [5, 5.41) is 11.6. The molecule has 106 valence electrons. The standard InChI is InChI=1S/C14H24N4O/c1-3-8-15-11-12-4-5-14(17-16-12)19-13-6-9-18(2)10-7-13/h4-5,13,15H,3,6-11H2,1-2H3. The SMILES string of the molecule is CCCNCc1ccc(OC2CCN(C)CC2)nn1. The molecule has 2 rings (SSSR count). The number of ether oxygens (including phenoxy) is 1. The molecule has 1 N–H and O–H groups in total. The topological polar surface area (TPSA) is 50.3 Å². The van der Waals surface area contributed by atoms with E-state index in [1.165, 1.54) is 0 Å². The van der Waals surface area contributed by atoms with Gasteiger partial charge in [0.1, 0.15) is 6.10 Å². The van der Waals surface area contributed by atoms with Crippen LogP contribution in [-0.2, 0) is 6.54 Å². The van der Waals surface area contributed by atoms with E-state index in [1.54, 1.807) is 0 Å². The van der Waals surface area contributed by atoms with Gasteiger partial charge >= 0.3 is 0 Å². The monoisotopic (exact) mass is 264 g/mol. The molecule has 0 aliphatic carbocycles. The summed E-state index contributed by atoms with van der Waals surface area (Å²) in [7, 11) is 2.15. The molecule has 1 aromatic rings. The number of hydrogen-bond donors (Lipinski definition) is 1. The van der Waals surface area contributed by atoms with E-state index in [0.29, 0.717) is 5.88 Å². The van der Waals surface area contributed by atoms with Gasteiger partial charge in [-0.2, -0.15) is 5.10 Å². The van der Waals surface area contributed by atoms with Gasteiger partial charge in [0.2, 0.25) is 5.88 Å². The van der Waals surface area contributed by atoms with Gasteiger partial charge < -0.3 is 15.0 Å². The fraction of sp³-hybridized carbons (Fsp3) is 0.714. The largest absolute Gasteiger partial charge is 0.473 e. The van der Waals surface area contributed by atoms with Crippen molar-refractivity contribution in [2.45, 2.75) is 38.8 Å². The molecule has 0 unspecified atom stereocenters. The van der Waals surface area contributed by atoms with Crippen LogP contribution in [0.3, 0.4) is 0 Å². The lowest BCUT2D eigenvalue weighted by Crippen LogP contribution is -2.35. The van der Waals surface area contributed by atoms with Gasteiger partial charge in [-0.05, 0) is 38.9 Å². The van der Waals surface area contributed by atoms with Crippen LogP contribution < -0.4 is 10.1 Å². The van der Waals surface area contributed by atoms with E-state index in [0.717, 1.165) is 51.1 Å². The summed E-state index contributed by atoms with van der Waals surface area (Å²) in [6.45, 7) is 6.12. The summed E-state index contributed by atoms with van der Waals surface area (Å²) in [4.78, 5) is 2.33. The molecule has 5 nitrogen and oxygen atoms in total. The third-order valence-electron chi connectivity index (χ3n) is 3.38. The average Bonchev–Trinajstić information content (AvgIpc) is 2.44. The maximum Gasteiger partial charge on any atom is 0.233 e. The zero-order chi connectivity index (χ0) is 13.5. The van der Waals surface area contributed by atoms with Crippen molar-refractivity contribution in [3.05, 3.63) is 17.8 Å². The van der Waals surface area contributed by atoms with E-state index in [9.17, 15) is 0 Å². The van der Waals surface area contributed by atoms with Gasteiger partial charge in [0.15, 0.2) is 0 Å². The summed E-state index contributed by atoms with van der Waals surface area (Å²) >= 11 is 0. The molecule has 19 heavy (non-hydrogen) atoms. The molecule has 1 aliphatic rings. The Kier molecular flexibility index (Phi) is 5.54. The van der Waals surface area contributed by atoms with Crippen molar-refractivity contribution in [2.75, 3.05) is 26.7 Å². The molecule has 1 saturated heterocycles. The molecule has 0 bridgehead atoms. The van der Waals surface area contributed by atoms with Crippen LogP contribution in [0.2, 0.25) is 0 Å². The molecule has 1 aliphatic heterocycles. The van der Waals surface area contributed by atoms with Gasteiger partial charge in [-0.3, -0.25) is 0 Å².